The highest BCUT2D eigenvalue weighted by Gasteiger charge is 2.32. The number of benzene rings is 1. The third kappa shape index (κ3) is 3.59. The lowest BCUT2D eigenvalue weighted by atomic mass is 9.97. The molecule has 1 saturated heterocycles. The number of rotatable bonds is 3. The van der Waals surface area contributed by atoms with Crippen molar-refractivity contribution in [1.82, 2.24) is 9.47 Å². The van der Waals surface area contributed by atoms with Crippen LogP contribution in [0.2, 0.25) is 5.02 Å². The lowest BCUT2D eigenvalue weighted by Gasteiger charge is -2.40. The van der Waals surface area contributed by atoms with Crippen LogP contribution in [-0.4, -0.2) is 34.6 Å². The van der Waals surface area contributed by atoms with Crippen molar-refractivity contribution in [3.8, 4) is 11.1 Å². The molecule has 1 amide bonds. The number of nitrogens with zero attached hydrogens (tertiary/aromatic N) is 2. The maximum Gasteiger partial charge on any atom is 0.250 e. The van der Waals surface area contributed by atoms with Gasteiger partial charge in [0.15, 0.2) is 0 Å². The van der Waals surface area contributed by atoms with Crippen LogP contribution in [0.3, 0.4) is 0 Å². The first-order chi connectivity index (χ1) is 12.4. The Morgan fingerprint density at radius 2 is 2.04 bits per heavy atom. The quantitative estimate of drug-likeness (QED) is 0.777. The van der Waals surface area contributed by atoms with Gasteiger partial charge in [0, 0.05) is 24.3 Å². The molecule has 0 saturated carbocycles. The lowest BCUT2D eigenvalue weighted by molar-refractivity contribution is -0.140. The van der Waals surface area contributed by atoms with Crippen molar-refractivity contribution >= 4 is 17.5 Å². The molecule has 0 radical (unpaired) electrons. The molecule has 5 nitrogen and oxygen atoms in total. The van der Waals surface area contributed by atoms with Gasteiger partial charge in [-0.25, -0.2) is 0 Å². The van der Waals surface area contributed by atoms with Crippen LogP contribution < -0.4 is 5.56 Å². The van der Waals surface area contributed by atoms with Crippen LogP contribution >= 0.6 is 11.6 Å². The van der Waals surface area contributed by atoms with Gasteiger partial charge < -0.3 is 14.2 Å². The summed E-state index contributed by atoms with van der Waals surface area (Å²) in [6.07, 6.45) is 3.04. The normalized spacial score (nSPS) is 20.0. The van der Waals surface area contributed by atoms with Crippen molar-refractivity contribution in [3.05, 3.63) is 70.1 Å². The van der Waals surface area contributed by atoms with Crippen LogP contribution in [0, 0.1) is 0 Å². The van der Waals surface area contributed by atoms with Crippen LogP contribution in [0.4, 0.5) is 0 Å². The summed E-state index contributed by atoms with van der Waals surface area (Å²) in [7, 11) is 1.70. The third-order valence-electron chi connectivity index (χ3n) is 4.62. The van der Waals surface area contributed by atoms with Gasteiger partial charge in [-0.2, -0.15) is 0 Å². The highest BCUT2D eigenvalue weighted by molar-refractivity contribution is 6.31. The molecule has 2 aromatic rings. The number of hydrogen-bond donors (Lipinski definition) is 0. The largest absolute Gasteiger partial charge is 0.377 e. The fourth-order valence-electron chi connectivity index (χ4n) is 3.25. The van der Waals surface area contributed by atoms with E-state index in [4.69, 9.17) is 16.3 Å². The molecule has 1 aliphatic rings. The van der Waals surface area contributed by atoms with Gasteiger partial charge in [0.25, 0.3) is 5.56 Å². The number of halogens is 1. The molecule has 0 unspecified atom stereocenters. The maximum atomic E-state index is 12.4. The molecule has 2 atom stereocenters. The molecule has 136 valence electrons. The summed E-state index contributed by atoms with van der Waals surface area (Å²) < 4.78 is 7.18. The molecule has 1 aromatic heterocycles. The summed E-state index contributed by atoms with van der Waals surface area (Å²) >= 11 is 6.34. The minimum absolute atomic E-state index is 0.0642. The SMILES string of the molecule is C=CC(=O)N1[C@H](C)COC[C@H]1c1cc(Cl)cc(-c2ccn(C)c(=O)c2)c1. The van der Waals surface area contributed by atoms with Crippen LogP contribution in [0.5, 0.6) is 0 Å². The zero-order valence-corrected chi connectivity index (χ0v) is 15.6. The van der Waals surface area contributed by atoms with Crippen LogP contribution in [0.15, 0.2) is 54.0 Å². The monoisotopic (exact) mass is 372 g/mol. The van der Waals surface area contributed by atoms with Gasteiger partial charge in [0.05, 0.1) is 25.3 Å². The summed E-state index contributed by atoms with van der Waals surface area (Å²) in [6, 6.07) is 8.72. The molecular weight excluding hydrogens is 352 g/mol. The van der Waals surface area contributed by atoms with Gasteiger partial charge in [0.2, 0.25) is 5.91 Å². The number of aryl methyl sites for hydroxylation is 1. The lowest BCUT2D eigenvalue weighted by Crippen LogP contribution is -2.48. The summed E-state index contributed by atoms with van der Waals surface area (Å²) in [6.45, 7) is 6.42. The van der Waals surface area contributed by atoms with Gasteiger partial charge in [-0.15, -0.1) is 0 Å². The zero-order valence-electron chi connectivity index (χ0n) is 14.8. The van der Waals surface area contributed by atoms with Crippen molar-refractivity contribution in [2.75, 3.05) is 13.2 Å². The van der Waals surface area contributed by atoms with E-state index in [-0.39, 0.29) is 23.6 Å². The second-order valence-electron chi connectivity index (χ2n) is 6.49. The van der Waals surface area contributed by atoms with E-state index in [1.165, 1.54) is 10.6 Å². The summed E-state index contributed by atoms with van der Waals surface area (Å²) in [5, 5.41) is 0.544. The first-order valence-electron chi connectivity index (χ1n) is 8.40. The molecule has 1 aromatic carbocycles. The first-order valence-corrected chi connectivity index (χ1v) is 8.78. The number of amides is 1. The van der Waals surface area contributed by atoms with Crippen LogP contribution in [0.25, 0.3) is 11.1 Å². The highest BCUT2D eigenvalue weighted by Crippen LogP contribution is 2.33. The molecule has 1 fully saturated rings. The Hall–Kier alpha value is -2.37. The standard InChI is InChI=1S/C20H21ClN2O3/c1-4-19(24)23-13(2)11-26-12-18(23)16-7-15(8-17(21)9-16)14-5-6-22(3)20(25)10-14/h4-10,13,18H,1,11-12H2,2-3H3/t13-,18+/m1/s1. The van der Waals surface area contributed by atoms with E-state index in [0.29, 0.717) is 18.2 Å². The van der Waals surface area contributed by atoms with E-state index in [2.05, 4.69) is 6.58 Å². The molecule has 3 rings (SSSR count). The molecule has 0 bridgehead atoms. The molecule has 0 N–H and O–H groups in total. The zero-order chi connectivity index (χ0) is 18.8. The average molecular weight is 373 g/mol. The minimum Gasteiger partial charge on any atom is -0.377 e. The van der Waals surface area contributed by atoms with E-state index in [0.717, 1.165) is 16.7 Å². The number of carbonyl (C=O) groups is 1. The summed E-state index contributed by atoms with van der Waals surface area (Å²) in [4.78, 5) is 26.1. The van der Waals surface area contributed by atoms with Crippen LogP contribution in [-0.2, 0) is 16.6 Å². The van der Waals surface area contributed by atoms with Gasteiger partial charge in [-0.05, 0) is 54.0 Å². The van der Waals surface area contributed by atoms with E-state index < -0.39 is 0 Å². The highest BCUT2D eigenvalue weighted by atomic mass is 35.5. The molecule has 6 heteroatoms. The van der Waals surface area contributed by atoms with Crippen LogP contribution in [0.1, 0.15) is 18.5 Å². The summed E-state index contributed by atoms with van der Waals surface area (Å²) in [5.41, 5.74) is 2.38. The molecular formula is C20H21ClN2O3. The van der Waals surface area contributed by atoms with E-state index >= 15 is 0 Å². The van der Waals surface area contributed by atoms with Gasteiger partial charge in [-0.3, -0.25) is 9.59 Å². The Labute approximate surface area is 157 Å². The second kappa shape index (κ2) is 7.48. The molecule has 0 spiro atoms. The van der Waals surface area contributed by atoms with Crippen molar-refractivity contribution in [2.24, 2.45) is 7.05 Å². The number of morpholine rings is 1. The van der Waals surface area contributed by atoms with E-state index in [1.807, 2.05) is 31.2 Å². The average Bonchev–Trinajstić information content (AvgIpc) is 2.62. The summed E-state index contributed by atoms with van der Waals surface area (Å²) in [5.74, 6) is -0.138. The van der Waals surface area contributed by atoms with Crippen molar-refractivity contribution in [3.63, 3.8) is 0 Å². The fourth-order valence-corrected chi connectivity index (χ4v) is 3.49. The van der Waals surface area contributed by atoms with Crippen molar-refractivity contribution in [1.29, 1.82) is 0 Å². The minimum atomic E-state index is -0.256. The van der Waals surface area contributed by atoms with Gasteiger partial charge >= 0.3 is 0 Å². The molecule has 1 aliphatic heterocycles. The number of pyridine rings is 1. The Morgan fingerprint density at radius 3 is 2.73 bits per heavy atom. The number of aromatic nitrogens is 1. The van der Waals surface area contributed by atoms with E-state index in [9.17, 15) is 9.59 Å². The third-order valence-corrected chi connectivity index (χ3v) is 4.84. The smallest absolute Gasteiger partial charge is 0.250 e. The first kappa shape index (κ1) is 18.4. The number of ether oxygens (including phenoxy) is 1. The van der Waals surface area contributed by atoms with Gasteiger partial charge in [0.1, 0.15) is 0 Å². The van der Waals surface area contributed by atoms with E-state index in [1.54, 1.807) is 24.2 Å². The van der Waals surface area contributed by atoms with Crippen molar-refractivity contribution < 1.29 is 9.53 Å². The predicted octanol–water partition coefficient (Wildman–Crippen LogP) is 3.18. The molecule has 2 heterocycles. The Balaban J connectivity index is 2.06. The molecule has 26 heavy (non-hydrogen) atoms. The van der Waals surface area contributed by atoms with Crippen molar-refractivity contribution in [2.45, 2.75) is 19.0 Å². The maximum absolute atomic E-state index is 12.4. The second-order valence-corrected chi connectivity index (χ2v) is 6.93. The predicted molar refractivity (Wildman–Crippen MR) is 102 cm³/mol. The number of hydrogen-bond acceptors (Lipinski definition) is 3. The Kier molecular flexibility index (Phi) is 5.30. The topological polar surface area (TPSA) is 51.5 Å². The Bertz CT molecular complexity index is 906. The number of carbonyl (C=O) groups excluding carboxylic acids is 1. The fraction of sp³-hybridized carbons (Fsp3) is 0.300. The molecule has 0 aliphatic carbocycles. The van der Waals surface area contributed by atoms with Gasteiger partial charge in [-0.1, -0.05) is 18.2 Å². The Morgan fingerprint density at radius 1 is 1.27 bits per heavy atom.